The third-order valence-corrected chi connectivity index (χ3v) is 8.57. The molecule has 3 heterocycles. The monoisotopic (exact) mass is 620 g/mol. The van der Waals surface area contributed by atoms with Crippen LogP contribution in [0.25, 0.3) is 16.0 Å². The van der Waals surface area contributed by atoms with E-state index in [1.165, 1.54) is 16.2 Å². The molecule has 2 aliphatic rings. The predicted octanol–water partition coefficient (Wildman–Crippen LogP) is 6.67. The quantitative estimate of drug-likeness (QED) is 0.116. The Labute approximate surface area is 262 Å². The molecule has 1 amide bonds. The van der Waals surface area contributed by atoms with Crippen molar-refractivity contribution < 1.29 is 33.6 Å². The highest BCUT2D eigenvalue weighted by molar-refractivity contribution is 7.22. The average molecular weight is 621 g/mol. The SMILES string of the molecule is CCOc1ccc2nc(N3C(=O)C(=O)C(=C(O)c4ccc5c(c4)OCCO5)[C@H]3c3cccc(OCc4ccccc4)c3)sc2c1. The number of ether oxygens (including phenoxy) is 4. The predicted molar refractivity (Wildman–Crippen MR) is 170 cm³/mol. The molecule has 1 atom stereocenters. The highest BCUT2D eigenvalue weighted by atomic mass is 32.1. The van der Waals surface area contributed by atoms with E-state index >= 15 is 0 Å². The van der Waals surface area contributed by atoms with Crippen LogP contribution < -0.4 is 23.8 Å². The van der Waals surface area contributed by atoms with Crippen molar-refractivity contribution in [2.24, 2.45) is 0 Å². The molecule has 10 heteroatoms. The summed E-state index contributed by atoms with van der Waals surface area (Å²) in [5.74, 6) is 0.277. The molecule has 45 heavy (non-hydrogen) atoms. The van der Waals surface area contributed by atoms with Crippen LogP contribution >= 0.6 is 11.3 Å². The number of hydrogen-bond donors (Lipinski definition) is 1. The molecule has 1 fully saturated rings. The molecule has 1 saturated heterocycles. The van der Waals surface area contributed by atoms with E-state index in [1.807, 2.05) is 61.5 Å². The van der Waals surface area contributed by atoms with E-state index < -0.39 is 17.7 Å². The Hall–Kier alpha value is -5.35. The summed E-state index contributed by atoms with van der Waals surface area (Å²) in [6.07, 6.45) is 0. The minimum absolute atomic E-state index is 0.0638. The first-order valence-corrected chi connectivity index (χ1v) is 15.3. The fourth-order valence-electron chi connectivity index (χ4n) is 5.46. The van der Waals surface area contributed by atoms with E-state index in [1.54, 1.807) is 36.4 Å². The van der Waals surface area contributed by atoms with Gasteiger partial charge in [0, 0.05) is 5.56 Å². The van der Waals surface area contributed by atoms with Crippen molar-refractivity contribution in [2.45, 2.75) is 19.6 Å². The molecule has 0 saturated carbocycles. The molecular weight excluding hydrogens is 592 g/mol. The van der Waals surface area contributed by atoms with Gasteiger partial charge in [0.1, 0.15) is 37.1 Å². The molecule has 0 radical (unpaired) electrons. The van der Waals surface area contributed by atoms with Gasteiger partial charge in [-0.2, -0.15) is 0 Å². The normalized spacial score (nSPS) is 17.1. The van der Waals surface area contributed by atoms with E-state index in [0.29, 0.717) is 71.2 Å². The molecule has 1 aromatic heterocycles. The number of aliphatic hydroxyl groups excluding tert-OH is 1. The molecule has 4 aromatic carbocycles. The molecule has 0 spiro atoms. The lowest BCUT2D eigenvalue weighted by molar-refractivity contribution is -0.132. The van der Waals surface area contributed by atoms with Gasteiger partial charge in [0.15, 0.2) is 16.6 Å². The number of carbonyl (C=O) groups is 2. The number of Topliss-reactive ketones (excluding diaryl/α,β-unsaturated/α-hetero) is 1. The lowest BCUT2D eigenvalue weighted by Crippen LogP contribution is -2.29. The second-order valence-corrected chi connectivity index (χ2v) is 11.4. The highest BCUT2D eigenvalue weighted by Gasteiger charge is 2.48. The van der Waals surface area contributed by atoms with E-state index in [0.717, 1.165) is 10.3 Å². The first kappa shape index (κ1) is 28.4. The topological polar surface area (TPSA) is 107 Å². The number of amides is 1. The number of ketones is 1. The fraction of sp³-hybridized carbons (Fsp3) is 0.171. The first-order valence-electron chi connectivity index (χ1n) is 14.5. The smallest absolute Gasteiger partial charge is 0.301 e. The minimum Gasteiger partial charge on any atom is -0.507 e. The maximum absolute atomic E-state index is 13.8. The molecule has 226 valence electrons. The Balaban J connectivity index is 1.34. The zero-order valence-electron chi connectivity index (χ0n) is 24.3. The maximum Gasteiger partial charge on any atom is 0.301 e. The van der Waals surface area contributed by atoms with Gasteiger partial charge in [-0.3, -0.25) is 14.5 Å². The molecule has 9 nitrogen and oxygen atoms in total. The second-order valence-electron chi connectivity index (χ2n) is 10.4. The second kappa shape index (κ2) is 12.0. The number of aliphatic hydroxyl groups is 1. The van der Waals surface area contributed by atoms with Crippen molar-refractivity contribution in [3.05, 3.63) is 113 Å². The van der Waals surface area contributed by atoms with E-state index in [4.69, 9.17) is 23.9 Å². The number of hydrogen-bond acceptors (Lipinski definition) is 9. The Bertz CT molecular complexity index is 1950. The van der Waals surface area contributed by atoms with Gasteiger partial charge >= 0.3 is 5.91 Å². The van der Waals surface area contributed by atoms with Crippen LogP contribution in [0.1, 0.15) is 29.7 Å². The van der Waals surface area contributed by atoms with Crippen molar-refractivity contribution in [3.63, 3.8) is 0 Å². The molecular formula is C35H28N2O7S. The summed E-state index contributed by atoms with van der Waals surface area (Å²) in [5, 5.41) is 12.0. The largest absolute Gasteiger partial charge is 0.507 e. The number of benzene rings is 4. The Kier molecular flexibility index (Phi) is 7.56. The Morgan fingerprint density at radius 1 is 0.911 bits per heavy atom. The number of fused-ring (bicyclic) bond motifs is 2. The third-order valence-electron chi connectivity index (χ3n) is 7.55. The van der Waals surface area contributed by atoms with Crippen LogP contribution in [0.3, 0.4) is 0 Å². The number of carbonyl (C=O) groups excluding carboxylic acids is 2. The lowest BCUT2D eigenvalue weighted by Gasteiger charge is -2.24. The van der Waals surface area contributed by atoms with Gasteiger partial charge in [-0.15, -0.1) is 0 Å². The van der Waals surface area contributed by atoms with Gasteiger partial charge in [0.05, 0.1) is 28.4 Å². The van der Waals surface area contributed by atoms with Crippen LogP contribution in [0, 0.1) is 0 Å². The molecule has 5 aromatic rings. The zero-order valence-corrected chi connectivity index (χ0v) is 25.1. The van der Waals surface area contributed by atoms with Crippen molar-refractivity contribution in [1.29, 1.82) is 0 Å². The van der Waals surface area contributed by atoms with Crippen LogP contribution in [0.5, 0.6) is 23.0 Å². The average Bonchev–Trinajstić information content (AvgIpc) is 3.61. The maximum atomic E-state index is 13.8. The molecule has 0 aliphatic carbocycles. The van der Waals surface area contributed by atoms with Gasteiger partial charge in [-0.1, -0.05) is 53.8 Å². The molecule has 1 N–H and O–H groups in total. The number of nitrogens with zero attached hydrogens (tertiary/aromatic N) is 2. The fourth-order valence-corrected chi connectivity index (χ4v) is 6.48. The van der Waals surface area contributed by atoms with Crippen LogP contribution in [0.4, 0.5) is 5.13 Å². The Morgan fingerprint density at radius 2 is 1.71 bits per heavy atom. The summed E-state index contributed by atoms with van der Waals surface area (Å²) >= 11 is 1.27. The van der Waals surface area contributed by atoms with Crippen LogP contribution in [-0.4, -0.2) is 41.6 Å². The van der Waals surface area contributed by atoms with Gasteiger partial charge in [0.2, 0.25) is 0 Å². The van der Waals surface area contributed by atoms with Crippen LogP contribution in [0.2, 0.25) is 0 Å². The number of thiazole rings is 1. The van der Waals surface area contributed by atoms with Gasteiger partial charge < -0.3 is 24.1 Å². The summed E-state index contributed by atoms with van der Waals surface area (Å²) in [6.45, 7) is 3.53. The standard InChI is InChI=1S/C35H28N2O7S/c1-2-41-25-12-13-26-29(19-25)45-35(36-26)37-31(22-9-6-10-24(17-22)44-20-21-7-4-3-5-8-21)30(33(39)34(37)40)32(38)23-11-14-27-28(18-23)43-16-15-42-27/h3-14,17-19,31,38H,2,15-16,20H2,1H3/t31-/m1/s1. The summed E-state index contributed by atoms with van der Waals surface area (Å²) in [4.78, 5) is 33.7. The lowest BCUT2D eigenvalue weighted by atomic mass is 9.95. The number of aromatic nitrogens is 1. The van der Waals surface area contributed by atoms with Gasteiger partial charge in [-0.25, -0.2) is 4.98 Å². The minimum atomic E-state index is -0.981. The van der Waals surface area contributed by atoms with Crippen LogP contribution in [0.15, 0.2) is 96.6 Å². The van der Waals surface area contributed by atoms with Crippen molar-refractivity contribution >= 4 is 44.1 Å². The van der Waals surface area contributed by atoms with Crippen LogP contribution in [-0.2, 0) is 16.2 Å². The van der Waals surface area contributed by atoms with E-state index in [9.17, 15) is 14.7 Å². The zero-order chi connectivity index (χ0) is 30.9. The molecule has 2 aliphatic heterocycles. The molecule has 7 rings (SSSR count). The Morgan fingerprint density at radius 3 is 2.53 bits per heavy atom. The molecule has 0 bridgehead atoms. The highest BCUT2D eigenvalue weighted by Crippen LogP contribution is 2.46. The third kappa shape index (κ3) is 5.44. The summed E-state index contributed by atoms with van der Waals surface area (Å²) in [5.41, 5.74) is 2.49. The van der Waals surface area contributed by atoms with Crippen molar-refractivity contribution in [1.82, 2.24) is 4.98 Å². The van der Waals surface area contributed by atoms with E-state index in [-0.39, 0.29) is 11.3 Å². The van der Waals surface area contributed by atoms with Gasteiger partial charge in [0.25, 0.3) is 5.78 Å². The van der Waals surface area contributed by atoms with Crippen molar-refractivity contribution in [3.8, 4) is 23.0 Å². The molecule has 0 unspecified atom stereocenters. The summed E-state index contributed by atoms with van der Waals surface area (Å²) in [7, 11) is 0. The van der Waals surface area contributed by atoms with Crippen molar-refractivity contribution in [2.75, 3.05) is 24.7 Å². The first-order chi connectivity index (χ1) is 22.0. The number of anilines is 1. The van der Waals surface area contributed by atoms with E-state index in [2.05, 4.69) is 0 Å². The summed E-state index contributed by atoms with van der Waals surface area (Å²) in [6, 6.07) is 26.4. The van der Waals surface area contributed by atoms with Gasteiger partial charge in [-0.05, 0) is 66.6 Å². The summed E-state index contributed by atoms with van der Waals surface area (Å²) < 4.78 is 23.9. The number of rotatable bonds is 8.